The Morgan fingerprint density at radius 2 is 2.00 bits per heavy atom. The summed E-state index contributed by atoms with van der Waals surface area (Å²) >= 11 is 0. The lowest BCUT2D eigenvalue weighted by Crippen LogP contribution is -2.38. The second kappa shape index (κ2) is 6.20. The van der Waals surface area contributed by atoms with Gasteiger partial charge >= 0.3 is 0 Å². The zero-order valence-electron chi connectivity index (χ0n) is 11.3. The average molecular weight is 270 g/mol. The molecule has 2 N–H and O–H groups in total. The van der Waals surface area contributed by atoms with Crippen molar-refractivity contribution in [3.63, 3.8) is 0 Å². The fourth-order valence-corrected chi connectivity index (χ4v) is 3.79. The Labute approximate surface area is 110 Å². The van der Waals surface area contributed by atoms with Gasteiger partial charge in [0.25, 0.3) is 0 Å². The van der Waals surface area contributed by atoms with Gasteiger partial charge in [-0.25, -0.2) is 8.42 Å². The first kappa shape index (κ1) is 15.0. The monoisotopic (exact) mass is 270 g/mol. The predicted molar refractivity (Wildman–Crippen MR) is 75.6 cm³/mol. The average Bonchev–Trinajstić information content (AvgIpc) is 2.24. The van der Waals surface area contributed by atoms with E-state index in [4.69, 9.17) is 5.73 Å². The molecular formula is C13H22N2O2S. The molecule has 0 bridgehead atoms. The SMILES string of the molecule is CCCN(C(C)C)S(=O)(=O)Cc1cccc(N)c1. The van der Waals surface area contributed by atoms with Gasteiger partial charge in [-0.1, -0.05) is 19.1 Å². The van der Waals surface area contributed by atoms with Crippen LogP contribution in [0.25, 0.3) is 0 Å². The Kier molecular flexibility index (Phi) is 5.16. The molecule has 0 saturated carbocycles. The highest BCUT2D eigenvalue weighted by Crippen LogP contribution is 2.16. The normalized spacial score (nSPS) is 12.3. The summed E-state index contributed by atoms with van der Waals surface area (Å²) < 4.78 is 26.2. The molecule has 4 nitrogen and oxygen atoms in total. The maximum atomic E-state index is 12.3. The number of rotatable bonds is 6. The second-order valence-corrected chi connectivity index (χ2v) is 6.63. The molecule has 0 heterocycles. The molecule has 0 unspecified atom stereocenters. The van der Waals surface area contributed by atoms with Gasteiger partial charge in [-0.3, -0.25) is 0 Å². The Morgan fingerprint density at radius 3 is 2.50 bits per heavy atom. The van der Waals surface area contributed by atoms with Crippen LogP contribution in [0.3, 0.4) is 0 Å². The highest BCUT2D eigenvalue weighted by Gasteiger charge is 2.24. The van der Waals surface area contributed by atoms with E-state index in [9.17, 15) is 8.42 Å². The quantitative estimate of drug-likeness (QED) is 0.806. The minimum Gasteiger partial charge on any atom is -0.399 e. The fraction of sp³-hybridized carbons (Fsp3) is 0.538. The summed E-state index contributed by atoms with van der Waals surface area (Å²) in [6, 6.07) is 7.01. The lowest BCUT2D eigenvalue weighted by Gasteiger charge is -2.25. The van der Waals surface area contributed by atoms with Crippen LogP contribution in [0, 0.1) is 0 Å². The summed E-state index contributed by atoms with van der Waals surface area (Å²) in [7, 11) is -3.28. The van der Waals surface area contributed by atoms with Crippen LogP contribution >= 0.6 is 0 Å². The van der Waals surface area contributed by atoms with E-state index in [1.165, 1.54) is 0 Å². The van der Waals surface area contributed by atoms with Crippen LogP contribution in [0.15, 0.2) is 24.3 Å². The largest absolute Gasteiger partial charge is 0.399 e. The minimum absolute atomic E-state index is 0.0101. The lowest BCUT2D eigenvalue weighted by atomic mass is 10.2. The van der Waals surface area contributed by atoms with Gasteiger partial charge in [-0.15, -0.1) is 0 Å². The van der Waals surface area contributed by atoms with E-state index >= 15 is 0 Å². The molecule has 1 rings (SSSR count). The van der Waals surface area contributed by atoms with Gasteiger partial charge in [0.2, 0.25) is 10.0 Å². The Balaban J connectivity index is 2.92. The van der Waals surface area contributed by atoms with Crippen molar-refractivity contribution in [2.24, 2.45) is 0 Å². The van der Waals surface area contributed by atoms with Crippen LogP contribution in [0.1, 0.15) is 32.8 Å². The molecule has 18 heavy (non-hydrogen) atoms. The van der Waals surface area contributed by atoms with Crippen LogP contribution in [0.2, 0.25) is 0 Å². The highest BCUT2D eigenvalue weighted by atomic mass is 32.2. The van der Waals surface area contributed by atoms with E-state index in [0.29, 0.717) is 12.2 Å². The Morgan fingerprint density at radius 1 is 1.33 bits per heavy atom. The molecule has 0 aromatic heterocycles. The van der Waals surface area contributed by atoms with Crippen LogP contribution in [0.5, 0.6) is 0 Å². The third-order valence-corrected chi connectivity index (χ3v) is 4.69. The highest BCUT2D eigenvalue weighted by molar-refractivity contribution is 7.88. The zero-order chi connectivity index (χ0) is 13.8. The Hall–Kier alpha value is -1.07. The zero-order valence-corrected chi connectivity index (χ0v) is 12.1. The van der Waals surface area contributed by atoms with Crippen molar-refractivity contribution in [1.82, 2.24) is 4.31 Å². The van der Waals surface area contributed by atoms with Gasteiger partial charge < -0.3 is 5.73 Å². The first-order chi connectivity index (χ1) is 8.36. The summed E-state index contributed by atoms with van der Waals surface area (Å²) in [6.45, 7) is 6.33. The predicted octanol–water partition coefficient (Wildman–Crippen LogP) is 2.22. The van der Waals surface area contributed by atoms with Crippen LogP contribution in [-0.4, -0.2) is 25.3 Å². The molecule has 0 radical (unpaired) electrons. The number of anilines is 1. The number of nitrogen functional groups attached to an aromatic ring is 1. The van der Waals surface area contributed by atoms with Crippen LogP contribution in [0.4, 0.5) is 5.69 Å². The van der Waals surface area contributed by atoms with E-state index in [1.54, 1.807) is 28.6 Å². The summed E-state index contributed by atoms with van der Waals surface area (Å²) in [5.41, 5.74) is 6.99. The molecule has 1 aromatic carbocycles. The first-order valence-electron chi connectivity index (χ1n) is 6.20. The summed E-state index contributed by atoms with van der Waals surface area (Å²) in [6.07, 6.45) is 0.814. The maximum Gasteiger partial charge on any atom is 0.218 e. The van der Waals surface area contributed by atoms with Crippen molar-refractivity contribution in [2.45, 2.75) is 39.0 Å². The van der Waals surface area contributed by atoms with Crippen LogP contribution in [-0.2, 0) is 15.8 Å². The molecule has 0 spiro atoms. The molecule has 102 valence electrons. The lowest BCUT2D eigenvalue weighted by molar-refractivity contribution is 0.353. The molecule has 5 heteroatoms. The molecule has 0 aliphatic rings. The van der Waals surface area contributed by atoms with Crippen molar-refractivity contribution < 1.29 is 8.42 Å². The molecule has 0 saturated heterocycles. The number of hydrogen-bond acceptors (Lipinski definition) is 3. The Bertz CT molecular complexity index is 484. The van der Waals surface area contributed by atoms with E-state index in [1.807, 2.05) is 20.8 Å². The standard InChI is InChI=1S/C13H22N2O2S/c1-4-8-15(11(2)3)18(16,17)10-12-6-5-7-13(14)9-12/h5-7,9,11H,4,8,10,14H2,1-3H3. The fourth-order valence-electron chi connectivity index (χ4n) is 1.92. The molecule has 0 amide bonds. The third kappa shape index (κ3) is 3.99. The van der Waals surface area contributed by atoms with E-state index in [-0.39, 0.29) is 11.8 Å². The van der Waals surface area contributed by atoms with Crippen molar-refractivity contribution in [2.75, 3.05) is 12.3 Å². The van der Waals surface area contributed by atoms with Gasteiger partial charge in [0.05, 0.1) is 5.75 Å². The smallest absolute Gasteiger partial charge is 0.218 e. The molecule has 0 fully saturated rings. The van der Waals surface area contributed by atoms with Crippen LogP contribution < -0.4 is 5.73 Å². The second-order valence-electron chi connectivity index (χ2n) is 4.71. The van der Waals surface area contributed by atoms with E-state index < -0.39 is 10.0 Å². The number of sulfonamides is 1. The van der Waals surface area contributed by atoms with E-state index in [0.717, 1.165) is 12.0 Å². The molecular weight excluding hydrogens is 248 g/mol. The summed E-state index contributed by atoms with van der Waals surface area (Å²) in [5, 5.41) is 0. The van der Waals surface area contributed by atoms with E-state index in [2.05, 4.69) is 0 Å². The third-order valence-electron chi connectivity index (χ3n) is 2.68. The number of hydrogen-bond donors (Lipinski definition) is 1. The number of benzene rings is 1. The minimum atomic E-state index is -3.28. The van der Waals surface area contributed by atoms with Gasteiger partial charge in [-0.05, 0) is 38.0 Å². The molecule has 1 aromatic rings. The van der Waals surface area contributed by atoms with Crippen molar-refractivity contribution in [3.05, 3.63) is 29.8 Å². The molecule has 0 atom stereocenters. The molecule has 0 aliphatic carbocycles. The van der Waals surface area contributed by atoms with Crippen molar-refractivity contribution in [3.8, 4) is 0 Å². The van der Waals surface area contributed by atoms with Crippen molar-refractivity contribution in [1.29, 1.82) is 0 Å². The number of nitrogens with zero attached hydrogens (tertiary/aromatic N) is 1. The maximum absolute atomic E-state index is 12.3. The number of nitrogens with two attached hydrogens (primary N) is 1. The van der Waals surface area contributed by atoms with Gasteiger partial charge in [0.1, 0.15) is 0 Å². The van der Waals surface area contributed by atoms with Gasteiger partial charge in [-0.2, -0.15) is 4.31 Å². The first-order valence-corrected chi connectivity index (χ1v) is 7.81. The van der Waals surface area contributed by atoms with Crippen molar-refractivity contribution >= 4 is 15.7 Å². The summed E-state index contributed by atoms with van der Waals surface area (Å²) in [4.78, 5) is 0. The summed E-state index contributed by atoms with van der Waals surface area (Å²) in [5.74, 6) is 0.0101. The molecule has 0 aliphatic heterocycles. The van der Waals surface area contributed by atoms with Gasteiger partial charge in [0.15, 0.2) is 0 Å². The van der Waals surface area contributed by atoms with Gasteiger partial charge in [0, 0.05) is 18.3 Å². The topological polar surface area (TPSA) is 63.4 Å².